The van der Waals surface area contributed by atoms with Gasteiger partial charge < -0.3 is 16.8 Å². The summed E-state index contributed by atoms with van der Waals surface area (Å²) >= 11 is 0. The summed E-state index contributed by atoms with van der Waals surface area (Å²) in [6.07, 6.45) is 5.98. The first-order valence-corrected chi connectivity index (χ1v) is 21.6. The third kappa shape index (κ3) is 12.0. The van der Waals surface area contributed by atoms with E-state index in [0.717, 1.165) is 12.8 Å². The average molecular weight is 441 g/mol. The molecule has 0 radical (unpaired) electrons. The molecule has 0 bridgehead atoms. The molecule has 0 rings (SSSR count). The lowest BCUT2D eigenvalue weighted by molar-refractivity contribution is 0.0389. The number of rotatable bonds is 11. The molecule has 0 aromatic carbocycles. The Morgan fingerprint density at radius 2 is 1.16 bits per heavy atom. The molecule has 0 amide bonds. The molecular weight excluding hydrogens is 399 g/mol. The zero-order chi connectivity index (χ0) is 20.2. The second-order valence-corrected chi connectivity index (χ2v) is 26.8. The number of hydrogen-bond donors (Lipinski definition) is 0. The van der Waals surface area contributed by atoms with Gasteiger partial charge in [0.1, 0.15) is 0 Å². The Balaban J connectivity index is 6.10. The monoisotopic (exact) mass is 440 g/mol. The maximum absolute atomic E-state index is 6.69. The van der Waals surface area contributed by atoms with Gasteiger partial charge in [0.05, 0.1) is 5.34 Å². The number of allylic oxidation sites excluding steroid dienone is 1. The summed E-state index contributed by atoms with van der Waals surface area (Å²) in [5, 5.41) is -0.519. The summed E-state index contributed by atoms with van der Waals surface area (Å²) in [6.45, 7) is 23.7. The Labute approximate surface area is 163 Å². The van der Waals surface area contributed by atoms with Crippen LogP contribution in [0.25, 0.3) is 0 Å². The van der Waals surface area contributed by atoms with Crippen molar-refractivity contribution in [2.24, 2.45) is 0 Å². The molecule has 150 valence electrons. The highest BCUT2D eigenvalue weighted by molar-refractivity contribution is 7.19. The molecule has 2 unspecified atom stereocenters. The van der Waals surface area contributed by atoms with Crippen molar-refractivity contribution in [3.63, 3.8) is 0 Å². The van der Waals surface area contributed by atoms with Gasteiger partial charge in [-0.2, -0.15) is 0 Å². The fourth-order valence-electron chi connectivity index (χ4n) is 2.32. The van der Waals surface area contributed by atoms with E-state index in [2.05, 4.69) is 81.2 Å². The van der Waals surface area contributed by atoms with Gasteiger partial charge in [0, 0.05) is 0 Å². The van der Waals surface area contributed by atoms with Crippen molar-refractivity contribution in [2.45, 2.75) is 91.0 Å². The Hall–Kier alpha value is 0.878. The predicted molar refractivity (Wildman–Crippen MR) is 122 cm³/mol. The molecular formula is C16H41O4PSi4. The van der Waals surface area contributed by atoms with E-state index in [1.54, 1.807) is 0 Å². The van der Waals surface area contributed by atoms with Gasteiger partial charge >= 0.3 is 9.05 Å². The molecule has 0 saturated heterocycles. The van der Waals surface area contributed by atoms with Crippen molar-refractivity contribution < 1.29 is 16.8 Å². The summed E-state index contributed by atoms with van der Waals surface area (Å²) in [4.78, 5) is 0. The van der Waals surface area contributed by atoms with E-state index in [-0.39, 0.29) is 0 Å². The highest BCUT2D eigenvalue weighted by atomic mass is 31.0. The van der Waals surface area contributed by atoms with Crippen LogP contribution >= 0.6 is 9.24 Å². The normalized spacial score (nSPS) is 17.1. The Bertz CT molecular complexity index is 400. The SMILES string of the molecule is CC=CC(P)(CCC)O[Si](O[Si](C)(C)C)(O[Si](C)(C)C)O[Si](C)(C)C. The molecule has 0 aromatic rings. The van der Waals surface area contributed by atoms with Crippen molar-refractivity contribution in [2.75, 3.05) is 0 Å². The summed E-state index contributed by atoms with van der Waals surface area (Å²) in [5.41, 5.74) is 0. The highest BCUT2D eigenvalue weighted by Gasteiger charge is 2.56. The van der Waals surface area contributed by atoms with Gasteiger partial charge in [-0.3, -0.25) is 0 Å². The van der Waals surface area contributed by atoms with E-state index in [0.29, 0.717) is 0 Å². The minimum Gasteiger partial charge on any atom is -0.395 e. The molecule has 0 aromatic heterocycles. The molecule has 0 N–H and O–H groups in total. The smallest absolute Gasteiger partial charge is 0.395 e. The molecule has 0 aliphatic carbocycles. The zero-order valence-corrected chi connectivity index (χ0v) is 23.4. The van der Waals surface area contributed by atoms with Crippen molar-refractivity contribution in [3.8, 4) is 0 Å². The molecule has 0 fully saturated rings. The first kappa shape index (κ1) is 25.9. The van der Waals surface area contributed by atoms with Gasteiger partial charge in [-0.15, -0.1) is 0 Å². The fourth-order valence-corrected chi connectivity index (χ4v) is 15.0. The Kier molecular flexibility index (Phi) is 9.71. The van der Waals surface area contributed by atoms with Crippen LogP contribution in [0, 0.1) is 0 Å². The number of hydrogen-bond acceptors (Lipinski definition) is 4. The molecule has 4 nitrogen and oxygen atoms in total. The van der Waals surface area contributed by atoms with Gasteiger partial charge in [-0.25, -0.2) is 0 Å². The molecule has 2 atom stereocenters. The van der Waals surface area contributed by atoms with Crippen LogP contribution in [0.4, 0.5) is 0 Å². The van der Waals surface area contributed by atoms with E-state index in [9.17, 15) is 0 Å². The van der Waals surface area contributed by atoms with Crippen LogP contribution in [-0.2, 0) is 16.8 Å². The second-order valence-electron chi connectivity index (χ2n) is 9.45. The summed E-state index contributed by atoms with van der Waals surface area (Å²) in [6, 6.07) is 0. The summed E-state index contributed by atoms with van der Waals surface area (Å²) < 4.78 is 26.5. The molecule has 0 aliphatic rings. The van der Waals surface area contributed by atoms with Gasteiger partial charge in [0.2, 0.25) is 0 Å². The van der Waals surface area contributed by atoms with Crippen LogP contribution in [0.1, 0.15) is 26.7 Å². The summed E-state index contributed by atoms with van der Waals surface area (Å²) in [5.74, 6) is 0. The van der Waals surface area contributed by atoms with Gasteiger partial charge in [-0.05, 0) is 72.3 Å². The topological polar surface area (TPSA) is 36.9 Å². The van der Waals surface area contributed by atoms with Crippen molar-refractivity contribution in [3.05, 3.63) is 12.2 Å². The molecule has 0 heterocycles. The van der Waals surface area contributed by atoms with Crippen molar-refractivity contribution >= 4 is 43.2 Å². The van der Waals surface area contributed by atoms with Crippen LogP contribution in [0.15, 0.2) is 12.2 Å². The van der Waals surface area contributed by atoms with Crippen LogP contribution in [0.5, 0.6) is 0 Å². The van der Waals surface area contributed by atoms with Crippen LogP contribution in [0.3, 0.4) is 0 Å². The van der Waals surface area contributed by atoms with E-state index in [4.69, 9.17) is 16.8 Å². The first-order chi connectivity index (χ1) is 10.9. The third-order valence-corrected chi connectivity index (χ3v) is 14.5. The molecule has 0 spiro atoms. The molecule has 0 aliphatic heterocycles. The average Bonchev–Trinajstić information content (AvgIpc) is 2.19. The van der Waals surface area contributed by atoms with Gasteiger partial charge in [-0.1, -0.05) is 34.7 Å². The van der Waals surface area contributed by atoms with E-state index >= 15 is 0 Å². The van der Waals surface area contributed by atoms with Crippen LogP contribution in [-0.4, -0.2) is 39.3 Å². The van der Waals surface area contributed by atoms with Gasteiger partial charge in [0.15, 0.2) is 25.0 Å². The standard InChI is InChI=1S/C16H41O4PSi4/c1-12-14-16(21,15-13-2)17-25(18-22(3,4)5,19-23(6,7)8)20-24(9,10)11/h12,14H,13,15,21H2,1-11H3. The Morgan fingerprint density at radius 1 is 0.800 bits per heavy atom. The minimum atomic E-state index is -3.30. The lowest BCUT2D eigenvalue weighted by atomic mass is 10.2. The lowest BCUT2D eigenvalue weighted by Crippen LogP contribution is -2.64. The van der Waals surface area contributed by atoms with E-state index in [1.165, 1.54) is 0 Å². The molecule has 0 saturated carbocycles. The first-order valence-electron chi connectivity index (χ1n) is 9.18. The van der Waals surface area contributed by atoms with E-state index in [1.807, 2.05) is 13.0 Å². The van der Waals surface area contributed by atoms with Crippen LogP contribution < -0.4 is 0 Å². The maximum Gasteiger partial charge on any atom is 0.648 e. The van der Waals surface area contributed by atoms with Crippen molar-refractivity contribution in [1.29, 1.82) is 0 Å². The fraction of sp³-hybridized carbons (Fsp3) is 0.875. The Morgan fingerprint density at radius 3 is 1.40 bits per heavy atom. The zero-order valence-electron chi connectivity index (χ0n) is 18.3. The van der Waals surface area contributed by atoms with Gasteiger partial charge in [0.25, 0.3) is 0 Å². The predicted octanol–water partition coefficient (Wildman–Crippen LogP) is 5.94. The maximum atomic E-state index is 6.69. The summed E-state index contributed by atoms with van der Waals surface area (Å²) in [7, 11) is -6.25. The largest absolute Gasteiger partial charge is 0.648 e. The second kappa shape index (κ2) is 9.38. The van der Waals surface area contributed by atoms with Crippen molar-refractivity contribution in [1.82, 2.24) is 0 Å². The lowest BCUT2D eigenvalue weighted by Gasteiger charge is -2.44. The third-order valence-electron chi connectivity index (χ3n) is 2.70. The minimum absolute atomic E-state index is 0.519. The molecule has 25 heavy (non-hydrogen) atoms. The molecule has 9 heteroatoms. The van der Waals surface area contributed by atoms with Crippen LogP contribution in [0.2, 0.25) is 58.9 Å². The van der Waals surface area contributed by atoms with E-state index < -0.39 is 39.3 Å². The quantitative estimate of drug-likeness (QED) is 0.226. The highest BCUT2D eigenvalue weighted by Crippen LogP contribution is 2.36.